The number of aryl methyl sites for hydroxylation is 1. The van der Waals surface area contributed by atoms with Gasteiger partial charge in [-0.15, -0.1) is 0 Å². The van der Waals surface area contributed by atoms with Crippen LogP contribution in [0, 0.1) is 6.92 Å². The lowest BCUT2D eigenvalue weighted by molar-refractivity contribution is 0.729. The fourth-order valence-corrected chi connectivity index (χ4v) is 3.51. The molecule has 1 fully saturated rings. The first-order valence-corrected chi connectivity index (χ1v) is 7.70. The summed E-state index contributed by atoms with van der Waals surface area (Å²) in [7, 11) is 0. The van der Waals surface area contributed by atoms with E-state index < -0.39 is 0 Å². The van der Waals surface area contributed by atoms with Crippen molar-refractivity contribution in [2.24, 2.45) is 0 Å². The van der Waals surface area contributed by atoms with Crippen LogP contribution in [0.4, 0.5) is 0 Å². The van der Waals surface area contributed by atoms with E-state index in [1.165, 1.54) is 48.4 Å². The Balaban J connectivity index is 2.05. The van der Waals surface area contributed by atoms with E-state index >= 15 is 0 Å². The average Bonchev–Trinajstić information content (AvgIpc) is 2.98. The van der Waals surface area contributed by atoms with Crippen molar-refractivity contribution in [2.75, 3.05) is 0 Å². The predicted octanol–water partition coefficient (Wildman–Crippen LogP) is 5.65. The molecule has 1 saturated carbocycles. The van der Waals surface area contributed by atoms with E-state index in [2.05, 4.69) is 43.3 Å². The molecule has 2 aromatic carbocycles. The Bertz CT molecular complexity index is 547. The average molecular weight is 251 g/mol. The van der Waals surface area contributed by atoms with Gasteiger partial charge in [0.1, 0.15) is 0 Å². The second-order valence-electron chi connectivity index (χ2n) is 5.80. The molecule has 19 heavy (non-hydrogen) atoms. The molecule has 0 bridgehead atoms. The van der Waals surface area contributed by atoms with E-state index in [1.807, 2.05) is 0 Å². The second kappa shape index (κ2) is 5.77. The van der Waals surface area contributed by atoms with Gasteiger partial charge in [0.05, 0.1) is 0 Å². The summed E-state index contributed by atoms with van der Waals surface area (Å²) in [5.41, 5.74) is 3.09. The van der Waals surface area contributed by atoms with E-state index in [4.69, 9.17) is 0 Å². The maximum atomic E-state index is 3.96. The Morgan fingerprint density at radius 1 is 0.947 bits per heavy atom. The van der Waals surface area contributed by atoms with Crippen molar-refractivity contribution in [3.63, 3.8) is 0 Å². The summed E-state index contributed by atoms with van der Waals surface area (Å²) >= 11 is 0. The van der Waals surface area contributed by atoms with Gasteiger partial charge in [0, 0.05) is 0 Å². The van der Waals surface area contributed by atoms with Crippen LogP contribution >= 0.6 is 0 Å². The lowest BCUT2D eigenvalue weighted by Gasteiger charge is -2.15. The number of unbranched alkanes of at least 4 members (excludes halogenated alkanes) is 1. The zero-order valence-corrected chi connectivity index (χ0v) is 11.7. The Morgan fingerprint density at radius 2 is 1.68 bits per heavy atom. The van der Waals surface area contributed by atoms with Crippen LogP contribution in [0.1, 0.15) is 55.6 Å². The molecular formula is C19H23. The fraction of sp³-hybridized carbons (Fsp3) is 0.421. The molecule has 1 aliphatic carbocycles. The third-order valence-corrected chi connectivity index (χ3v) is 4.54. The molecular weight excluding hydrogens is 228 g/mol. The van der Waals surface area contributed by atoms with Crippen molar-refractivity contribution < 1.29 is 0 Å². The van der Waals surface area contributed by atoms with E-state index in [0.717, 1.165) is 18.8 Å². The van der Waals surface area contributed by atoms with Crippen LogP contribution in [-0.4, -0.2) is 0 Å². The van der Waals surface area contributed by atoms with Crippen LogP contribution in [0.2, 0.25) is 0 Å². The van der Waals surface area contributed by atoms with Crippen LogP contribution in [-0.2, 0) is 6.42 Å². The molecule has 3 rings (SSSR count). The minimum Gasteiger partial charge on any atom is -0.0616 e. The van der Waals surface area contributed by atoms with Crippen molar-refractivity contribution in [1.29, 1.82) is 0 Å². The molecule has 0 heterocycles. The zero-order chi connectivity index (χ0) is 13.1. The van der Waals surface area contributed by atoms with Crippen LogP contribution in [0.25, 0.3) is 10.8 Å². The molecule has 0 heteroatoms. The number of fused-ring (bicyclic) bond motifs is 1. The number of rotatable bonds is 4. The van der Waals surface area contributed by atoms with E-state index in [0.29, 0.717) is 0 Å². The standard InChI is InChI=1S/C19H23/c1-2-3-8-16-13-14-18(15-9-4-5-10-15)19-12-7-6-11-17(16)19/h6-7,11-15H,1-5,8-10H2. The van der Waals surface area contributed by atoms with Crippen molar-refractivity contribution in [1.82, 2.24) is 0 Å². The van der Waals surface area contributed by atoms with Gasteiger partial charge >= 0.3 is 0 Å². The van der Waals surface area contributed by atoms with Gasteiger partial charge < -0.3 is 0 Å². The Kier molecular flexibility index (Phi) is 3.87. The molecule has 2 aromatic rings. The molecule has 0 atom stereocenters. The Labute approximate surface area is 116 Å². The highest BCUT2D eigenvalue weighted by molar-refractivity contribution is 5.89. The van der Waals surface area contributed by atoms with E-state index in [9.17, 15) is 0 Å². The maximum absolute atomic E-state index is 3.96. The van der Waals surface area contributed by atoms with Gasteiger partial charge in [-0.2, -0.15) is 0 Å². The second-order valence-corrected chi connectivity index (χ2v) is 5.80. The SMILES string of the molecule is [CH2]CCCc1ccc(C2CCCC2)c2ccccc12. The van der Waals surface area contributed by atoms with Gasteiger partial charge in [-0.3, -0.25) is 0 Å². The Hall–Kier alpha value is -1.30. The highest BCUT2D eigenvalue weighted by atomic mass is 14.2. The van der Waals surface area contributed by atoms with Gasteiger partial charge in [0.25, 0.3) is 0 Å². The van der Waals surface area contributed by atoms with Crippen molar-refractivity contribution in [3.8, 4) is 0 Å². The molecule has 99 valence electrons. The third-order valence-electron chi connectivity index (χ3n) is 4.54. The maximum Gasteiger partial charge on any atom is -0.0146 e. The first-order chi connectivity index (χ1) is 9.40. The van der Waals surface area contributed by atoms with Crippen LogP contribution < -0.4 is 0 Å². The first kappa shape index (κ1) is 12.7. The molecule has 0 amide bonds. The van der Waals surface area contributed by atoms with E-state index in [1.54, 1.807) is 5.56 Å². The summed E-state index contributed by atoms with van der Waals surface area (Å²) in [6, 6.07) is 13.7. The summed E-state index contributed by atoms with van der Waals surface area (Å²) in [6.07, 6.45) is 8.94. The molecule has 0 spiro atoms. The van der Waals surface area contributed by atoms with Crippen LogP contribution in [0.15, 0.2) is 36.4 Å². The van der Waals surface area contributed by atoms with Crippen molar-refractivity contribution in [3.05, 3.63) is 54.4 Å². The predicted molar refractivity (Wildman–Crippen MR) is 83.5 cm³/mol. The lowest BCUT2D eigenvalue weighted by atomic mass is 9.89. The molecule has 0 aliphatic heterocycles. The van der Waals surface area contributed by atoms with Gasteiger partial charge in [-0.1, -0.05) is 62.6 Å². The summed E-state index contributed by atoms with van der Waals surface area (Å²) in [6.45, 7) is 3.96. The molecule has 0 aromatic heterocycles. The van der Waals surface area contributed by atoms with Crippen molar-refractivity contribution in [2.45, 2.75) is 50.9 Å². The van der Waals surface area contributed by atoms with E-state index in [-0.39, 0.29) is 0 Å². The first-order valence-electron chi connectivity index (χ1n) is 7.70. The molecule has 1 radical (unpaired) electrons. The smallest absolute Gasteiger partial charge is 0.0146 e. The largest absolute Gasteiger partial charge is 0.0616 e. The summed E-state index contributed by atoms with van der Waals surface area (Å²) < 4.78 is 0. The van der Waals surface area contributed by atoms with Gasteiger partial charge in [0.2, 0.25) is 0 Å². The van der Waals surface area contributed by atoms with Gasteiger partial charge in [0.15, 0.2) is 0 Å². The quantitative estimate of drug-likeness (QED) is 0.658. The summed E-state index contributed by atoms with van der Waals surface area (Å²) in [5, 5.41) is 2.97. The minimum atomic E-state index is 0.798. The van der Waals surface area contributed by atoms with Crippen LogP contribution in [0.3, 0.4) is 0 Å². The van der Waals surface area contributed by atoms with Crippen molar-refractivity contribution >= 4 is 10.8 Å². The molecule has 0 nitrogen and oxygen atoms in total. The molecule has 0 unspecified atom stereocenters. The number of benzene rings is 2. The molecule has 0 saturated heterocycles. The highest BCUT2D eigenvalue weighted by Gasteiger charge is 2.19. The zero-order valence-electron chi connectivity index (χ0n) is 11.7. The summed E-state index contributed by atoms with van der Waals surface area (Å²) in [5.74, 6) is 0.798. The lowest BCUT2D eigenvalue weighted by Crippen LogP contribution is -1.96. The third kappa shape index (κ3) is 2.54. The normalized spacial score (nSPS) is 16.3. The van der Waals surface area contributed by atoms with Gasteiger partial charge in [-0.25, -0.2) is 0 Å². The number of hydrogen-bond donors (Lipinski definition) is 0. The molecule has 1 aliphatic rings. The molecule has 0 N–H and O–H groups in total. The van der Waals surface area contributed by atoms with Gasteiger partial charge in [-0.05, 0) is 53.5 Å². The fourth-order valence-electron chi connectivity index (χ4n) is 3.51. The summed E-state index contributed by atoms with van der Waals surface area (Å²) in [4.78, 5) is 0. The monoisotopic (exact) mass is 251 g/mol. The Morgan fingerprint density at radius 3 is 2.42 bits per heavy atom. The topological polar surface area (TPSA) is 0 Å². The highest BCUT2D eigenvalue weighted by Crippen LogP contribution is 2.38. The number of hydrogen-bond acceptors (Lipinski definition) is 0. The minimum absolute atomic E-state index is 0.798. The van der Waals surface area contributed by atoms with Crippen LogP contribution in [0.5, 0.6) is 0 Å².